The van der Waals surface area contributed by atoms with E-state index < -0.39 is 12.7 Å². The number of hydrogen-bond acceptors (Lipinski definition) is 3. The van der Waals surface area contributed by atoms with Crippen molar-refractivity contribution in [2.24, 2.45) is 0 Å². The quantitative estimate of drug-likeness (QED) is 0.654. The first-order chi connectivity index (χ1) is 14.3. The Morgan fingerprint density at radius 1 is 1.00 bits per heavy atom. The van der Waals surface area contributed by atoms with Crippen molar-refractivity contribution >= 4 is 21.8 Å². The second kappa shape index (κ2) is 8.70. The number of aromatic nitrogens is 2. The van der Waals surface area contributed by atoms with Gasteiger partial charge in [-0.2, -0.15) is 18.3 Å². The van der Waals surface area contributed by atoms with Crippen molar-refractivity contribution in [1.82, 2.24) is 19.6 Å². The Hall–Kier alpha value is -1.87. The van der Waals surface area contributed by atoms with E-state index in [0.717, 1.165) is 47.1 Å². The maximum Gasteiger partial charge on any atom is 0.401 e. The van der Waals surface area contributed by atoms with Crippen LogP contribution in [-0.4, -0.2) is 64.4 Å². The molecule has 1 aliphatic carbocycles. The van der Waals surface area contributed by atoms with E-state index in [1.54, 1.807) is 4.90 Å². The summed E-state index contributed by atoms with van der Waals surface area (Å²) in [4.78, 5) is 16.4. The molecule has 0 unspecified atom stereocenters. The lowest BCUT2D eigenvalue weighted by Gasteiger charge is -2.22. The van der Waals surface area contributed by atoms with Crippen molar-refractivity contribution in [2.75, 3.05) is 32.7 Å². The molecule has 5 nitrogen and oxygen atoms in total. The molecule has 0 spiro atoms. The van der Waals surface area contributed by atoms with Gasteiger partial charge in [0.1, 0.15) is 0 Å². The van der Waals surface area contributed by atoms with E-state index in [4.69, 9.17) is 5.10 Å². The highest BCUT2D eigenvalue weighted by Crippen LogP contribution is 2.28. The van der Waals surface area contributed by atoms with Crippen molar-refractivity contribution in [3.8, 4) is 5.69 Å². The number of carbonyl (C=O) groups excluding carboxylic acids is 1. The van der Waals surface area contributed by atoms with Crippen LogP contribution in [0.4, 0.5) is 13.2 Å². The Morgan fingerprint density at radius 3 is 2.47 bits per heavy atom. The minimum absolute atomic E-state index is 0.169. The number of carbonyl (C=O) groups is 1. The molecule has 9 heteroatoms. The number of amides is 1. The Kier molecular flexibility index (Phi) is 6.20. The summed E-state index contributed by atoms with van der Waals surface area (Å²) in [6.07, 6.45) is 0.0444. The van der Waals surface area contributed by atoms with Gasteiger partial charge in [0, 0.05) is 41.9 Å². The molecular weight excluding hydrogens is 461 g/mol. The smallest absolute Gasteiger partial charge is 0.336 e. The number of hydrogen-bond donors (Lipinski definition) is 0. The lowest BCUT2D eigenvalue weighted by Crippen LogP contribution is -2.38. The van der Waals surface area contributed by atoms with Gasteiger partial charge in [-0.05, 0) is 56.4 Å². The van der Waals surface area contributed by atoms with Gasteiger partial charge >= 0.3 is 6.18 Å². The SMILES string of the molecule is O=C(c1nn(-c2ccc(Br)cc2)c2c1CCCC2)N1CCCN(CC(F)(F)F)CC1. The summed E-state index contributed by atoms with van der Waals surface area (Å²) >= 11 is 3.44. The fraction of sp³-hybridized carbons (Fsp3) is 0.524. The van der Waals surface area contributed by atoms with Crippen molar-refractivity contribution in [2.45, 2.75) is 38.3 Å². The molecule has 0 N–H and O–H groups in total. The van der Waals surface area contributed by atoms with E-state index in [-0.39, 0.29) is 19.0 Å². The molecule has 0 atom stereocenters. The first kappa shape index (κ1) is 21.4. The minimum Gasteiger partial charge on any atom is -0.336 e. The molecule has 0 bridgehead atoms. The van der Waals surface area contributed by atoms with Crippen molar-refractivity contribution in [3.63, 3.8) is 0 Å². The molecule has 2 aromatic rings. The third-order valence-electron chi connectivity index (χ3n) is 5.73. The fourth-order valence-corrected chi connectivity index (χ4v) is 4.57. The molecule has 30 heavy (non-hydrogen) atoms. The van der Waals surface area contributed by atoms with Crippen LogP contribution in [0.3, 0.4) is 0 Å². The highest BCUT2D eigenvalue weighted by molar-refractivity contribution is 9.10. The molecular formula is C21H24BrF3N4O. The van der Waals surface area contributed by atoms with Crippen LogP contribution < -0.4 is 0 Å². The maximum absolute atomic E-state index is 13.3. The average molecular weight is 485 g/mol. The molecule has 2 heterocycles. The third-order valence-corrected chi connectivity index (χ3v) is 6.26. The lowest BCUT2D eigenvalue weighted by molar-refractivity contribution is -0.145. The highest BCUT2D eigenvalue weighted by atomic mass is 79.9. The van der Waals surface area contributed by atoms with E-state index in [0.29, 0.717) is 25.2 Å². The summed E-state index contributed by atoms with van der Waals surface area (Å²) in [6, 6.07) is 7.80. The number of nitrogens with zero attached hydrogens (tertiary/aromatic N) is 4. The molecule has 1 aromatic heterocycles. The molecule has 0 radical (unpaired) electrons. The summed E-state index contributed by atoms with van der Waals surface area (Å²) in [5.74, 6) is -0.169. The number of benzene rings is 1. The molecule has 1 aromatic carbocycles. The summed E-state index contributed by atoms with van der Waals surface area (Å²) in [5, 5.41) is 4.69. The average Bonchev–Trinajstić information content (AvgIpc) is 2.94. The summed E-state index contributed by atoms with van der Waals surface area (Å²) in [6.45, 7) is 0.375. The van der Waals surface area contributed by atoms with E-state index in [2.05, 4.69) is 15.9 Å². The Labute approximate surface area is 182 Å². The van der Waals surface area contributed by atoms with Gasteiger partial charge in [-0.3, -0.25) is 9.69 Å². The molecule has 1 saturated heterocycles. The number of rotatable bonds is 3. The summed E-state index contributed by atoms with van der Waals surface area (Å²) in [5.41, 5.74) is 3.42. The van der Waals surface area contributed by atoms with E-state index in [1.807, 2.05) is 28.9 Å². The van der Waals surface area contributed by atoms with Crippen LogP contribution in [-0.2, 0) is 12.8 Å². The topological polar surface area (TPSA) is 41.4 Å². The molecule has 1 aliphatic heterocycles. The largest absolute Gasteiger partial charge is 0.401 e. The van der Waals surface area contributed by atoms with E-state index in [1.165, 1.54) is 4.90 Å². The van der Waals surface area contributed by atoms with Gasteiger partial charge in [0.25, 0.3) is 5.91 Å². The Balaban J connectivity index is 1.57. The van der Waals surface area contributed by atoms with Gasteiger partial charge in [-0.1, -0.05) is 15.9 Å². The van der Waals surface area contributed by atoms with Crippen LogP contribution in [0.1, 0.15) is 41.0 Å². The van der Waals surface area contributed by atoms with Crippen LogP contribution >= 0.6 is 15.9 Å². The fourth-order valence-electron chi connectivity index (χ4n) is 4.30. The molecule has 162 valence electrons. The minimum atomic E-state index is -4.22. The summed E-state index contributed by atoms with van der Waals surface area (Å²) in [7, 11) is 0. The number of fused-ring (bicyclic) bond motifs is 1. The van der Waals surface area contributed by atoms with Crippen LogP contribution in [0.25, 0.3) is 5.69 Å². The highest BCUT2D eigenvalue weighted by Gasteiger charge is 2.33. The number of alkyl halides is 3. The van der Waals surface area contributed by atoms with Crippen LogP contribution in [0.5, 0.6) is 0 Å². The first-order valence-corrected chi connectivity index (χ1v) is 11.1. The zero-order valence-electron chi connectivity index (χ0n) is 16.6. The Bertz CT molecular complexity index is 910. The summed E-state index contributed by atoms with van der Waals surface area (Å²) < 4.78 is 41.0. The zero-order chi connectivity index (χ0) is 21.3. The monoisotopic (exact) mass is 484 g/mol. The molecule has 4 rings (SSSR count). The van der Waals surface area contributed by atoms with Gasteiger partial charge in [-0.25, -0.2) is 4.68 Å². The van der Waals surface area contributed by atoms with Crippen LogP contribution in [0.2, 0.25) is 0 Å². The molecule has 0 saturated carbocycles. The number of halogens is 4. The van der Waals surface area contributed by atoms with E-state index >= 15 is 0 Å². The normalized spacial score (nSPS) is 18.2. The standard InChI is InChI=1S/C21H24BrF3N4O/c22-15-6-8-16(9-7-15)29-18-5-2-1-4-17(18)19(26-29)20(30)28-11-3-10-27(12-13-28)14-21(23,24)25/h6-9H,1-5,10-14H2. The van der Waals surface area contributed by atoms with Crippen molar-refractivity contribution < 1.29 is 18.0 Å². The predicted octanol–water partition coefficient (Wildman–Crippen LogP) is 4.22. The van der Waals surface area contributed by atoms with Gasteiger partial charge in [0.15, 0.2) is 5.69 Å². The van der Waals surface area contributed by atoms with Crippen LogP contribution in [0.15, 0.2) is 28.7 Å². The third kappa shape index (κ3) is 4.72. The molecule has 2 aliphatic rings. The van der Waals surface area contributed by atoms with Gasteiger partial charge in [-0.15, -0.1) is 0 Å². The molecule has 1 amide bonds. The van der Waals surface area contributed by atoms with Gasteiger partial charge in [0.2, 0.25) is 0 Å². The lowest BCUT2D eigenvalue weighted by atomic mass is 9.95. The van der Waals surface area contributed by atoms with Gasteiger partial charge in [0.05, 0.1) is 12.2 Å². The second-order valence-corrected chi connectivity index (χ2v) is 8.82. The first-order valence-electron chi connectivity index (χ1n) is 10.3. The molecule has 1 fully saturated rings. The van der Waals surface area contributed by atoms with Crippen molar-refractivity contribution in [3.05, 3.63) is 45.7 Å². The van der Waals surface area contributed by atoms with E-state index in [9.17, 15) is 18.0 Å². The van der Waals surface area contributed by atoms with Crippen molar-refractivity contribution in [1.29, 1.82) is 0 Å². The maximum atomic E-state index is 13.3. The second-order valence-electron chi connectivity index (χ2n) is 7.91. The zero-order valence-corrected chi connectivity index (χ0v) is 18.2. The van der Waals surface area contributed by atoms with Gasteiger partial charge < -0.3 is 4.90 Å². The predicted molar refractivity (Wildman–Crippen MR) is 111 cm³/mol. The van der Waals surface area contributed by atoms with Crippen LogP contribution in [0, 0.1) is 0 Å². The Morgan fingerprint density at radius 2 is 1.73 bits per heavy atom.